The van der Waals surface area contributed by atoms with E-state index < -0.39 is 0 Å². The van der Waals surface area contributed by atoms with Gasteiger partial charge in [-0.05, 0) is 17.6 Å². The SMILES string of the molecule is COB(C(C)C)C1CCCC1C. The molecule has 0 amide bonds. The van der Waals surface area contributed by atoms with Gasteiger partial charge >= 0.3 is 0 Å². The van der Waals surface area contributed by atoms with Crippen molar-refractivity contribution in [3.05, 3.63) is 0 Å². The van der Waals surface area contributed by atoms with E-state index in [1.165, 1.54) is 19.3 Å². The Labute approximate surface area is 77.0 Å². The highest BCUT2D eigenvalue weighted by molar-refractivity contribution is 6.55. The molecule has 0 aliphatic heterocycles. The van der Waals surface area contributed by atoms with E-state index in [0.717, 1.165) is 11.7 Å². The number of hydrogen-bond donors (Lipinski definition) is 0. The standard InChI is InChI=1S/C10H21BO/c1-8(2)11(12-4)10-7-5-6-9(10)3/h8-10H,5-7H2,1-4H3. The second-order valence-corrected chi connectivity index (χ2v) is 4.52. The maximum absolute atomic E-state index is 5.57. The largest absolute Gasteiger partial charge is 0.438 e. The van der Waals surface area contributed by atoms with E-state index in [1.54, 1.807) is 0 Å². The molecule has 1 nitrogen and oxygen atoms in total. The van der Waals surface area contributed by atoms with Crippen LogP contribution in [0.4, 0.5) is 0 Å². The maximum Gasteiger partial charge on any atom is 0.298 e. The molecule has 0 N–H and O–H groups in total. The number of rotatable bonds is 3. The van der Waals surface area contributed by atoms with Gasteiger partial charge in [0, 0.05) is 7.11 Å². The van der Waals surface area contributed by atoms with Gasteiger partial charge in [0.25, 0.3) is 6.92 Å². The lowest BCUT2D eigenvalue weighted by Gasteiger charge is -2.24. The van der Waals surface area contributed by atoms with Gasteiger partial charge in [-0.2, -0.15) is 0 Å². The van der Waals surface area contributed by atoms with Crippen molar-refractivity contribution in [2.45, 2.75) is 51.7 Å². The summed E-state index contributed by atoms with van der Waals surface area (Å²) < 4.78 is 5.57. The molecule has 2 unspecified atom stereocenters. The summed E-state index contributed by atoms with van der Waals surface area (Å²) in [5.41, 5.74) is 0. The van der Waals surface area contributed by atoms with Gasteiger partial charge in [-0.25, -0.2) is 0 Å². The van der Waals surface area contributed by atoms with Crippen LogP contribution < -0.4 is 0 Å². The van der Waals surface area contributed by atoms with Crippen molar-refractivity contribution in [1.29, 1.82) is 0 Å². The first-order valence-corrected chi connectivity index (χ1v) is 5.19. The van der Waals surface area contributed by atoms with Gasteiger partial charge in [0.15, 0.2) is 0 Å². The van der Waals surface area contributed by atoms with E-state index in [4.69, 9.17) is 4.65 Å². The molecule has 0 radical (unpaired) electrons. The third-order valence-electron chi connectivity index (χ3n) is 3.28. The average molecular weight is 168 g/mol. The summed E-state index contributed by atoms with van der Waals surface area (Å²) in [5.74, 6) is 2.35. The third-order valence-corrected chi connectivity index (χ3v) is 3.28. The summed E-state index contributed by atoms with van der Waals surface area (Å²) in [4.78, 5) is 0. The minimum Gasteiger partial charge on any atom is -0.438 e. The molecule has 0 spiro atoms. The topological polar surface area (TPSA) is 9.23 Å². The first kappa shape index (κ1) is 10.1. The van der Waals surface area contributed by atoms with Crippen LogP contribution in [0.25, 0.3) is 0 Å². The third kappa shape index (κ3) is 2.04. The molecule has 0 aromatic rings. The van der Waals surface area contributed by atoms with Gasteiger partial charge in [-0.15, -0.1) is 0 Å². The summed E-state index contributed by atoms with van der Waals surface area (Å²) in [7, 11) is 1.86. The van der Waals surface area contributed by atoms with Crippen molar-refractivity contribution >= 4 is 6.92 Å². The molecule has 0 bridgehead atoms. The van der Waals surface area contributed by atoms with E-state index in [0.29, 0.717) is 12.7 Å². The second kappa shape index (κ2) is 4.31. The molecular formula is C10H21BO. The van der Waals surface area contributed by atoms with Crippen LogP contribution in [0, 0.1) is 5.92 Å². The second-order valence-electron chi connectivity index (χ2n) is 4.52. The molecule has 0 aromatic heterocycles. The van der Waals surface area contributed by atoms with Gasteiger partial charge in [0.05, 0.1) is 0 Å². The van der Waals surface area contributed by atoms with Gasteiger partial charge < -0.3 is 4.65 Å². The molecule has 0 heterocycles. The van der Waals surface area contributed by atoms with Gasteiger partial charge in [0.1, 0.15) is 0 Å². The van der Waals surface area contributed by atoms with Gasteiger partial charge in [-0.1, -0.05) is 40.0 Å². The van der Waals surface area contributed by atoms with Crippen LogP contribution in [0.15, 0.2) is 0 Å². The molecular weight excluding hydrogens is 147 g/mol. The lowest BCUT2D eigenvalue weighted by molar-refractivity contribution is 0.383. The highest BCUT2D eigenvalue weighted by atomic mass is 16.4. The summed E-state index contributed by atoms with van der Waals surface area (Å²) in [6.07, 6.45) is 4.17. The Morgan fingerprint density at radius 3 is 2.33 bits per heavy atom. The monoisotopic (exact) mass is 168 g/mol. The highest BCUT2D eigenvalue weighted by Gasteiger charge is 2.36. The zero-order valence-corrected chi connectivity index (χ0v) is 8.84. The fourth-order valence-corrected chi connectivity index (χ4v) is 2.60. The fraction of sp³-hybridized carbons (Fsp3) is 1.00. The normalized spacial score (nSPS) is 29.8. The van der Waals surface area contributed by atoms with Gasteiger partial charge in [0.2, 0.25) is 0 Å². The van der Waals surface area contributed by atoms with Crippen LogP contribution in [-0.4, -0.2) is 14.0 Å². The zero-order valence-electron chi connectivity index (χ0n) is 8.84. The molecule has 0 aromatic carbocycles. The van der Waals surface area contributed by atoms with Crippen LogP contribution in [0.1, 0.15) is 40.0 Å². The van der Waals surface area contributed by atoms with Crippen LogP contribution in [0.5, 0.6) is 0 Å². The Kier molecular flexibility index (Phi) is 3.63. The molecule has 70 valence electrons. The summed E-state index contributed by atoms with van der Waals surface area (Å²) in [5, 5.41) is 0. The quantitative estimate of drug-likeness (QED) is 0.588. The fourth-order valence-electron chi connectivity index (χ4n) is 2.60. The van der Waals surface area contributed by atoms with Crippen LogP contribution >= 0.6 is 0 Å². The van der Waals surface area contributed by atoms with Crippen molar-refractivity contribution in [2.75, 3.05) is 7.11 Å². The molecule has 2 heteroatoms. The zero-order chi connectivity index (χ0) is 9.14. The molecule has 1 fully saturated rings. The Morgan fingerprint density at radius 1 is 1.33 bits per heavy atom. The Bertz CT molecular complexity index is 136. The van der Waals surface area contributed by atoms with Crippen molar-refractivity contribution in [3.63, 3.8) is 0 Å². The molecule has 1 rings (SSSR count). The lowest BCUT2D eigenvalue weighted by Crippen LogP contribution is -2.28. The van der Waals surface area contributed by atoms with E-state index in [-0.39, 0.29) is 0 Å². The average Bonchev–Trinajstić information content (AvgIpc) is 2.38. The first-order valence-electron chi connectivity index (χ1n) is 5.19. The van der Waals surface area contributed by atoms with Crippen molar-refractivity contribution in [3.8, 4) is 0 Å². The van der Waals surface area contributed by atoms with Crippen molar-refractivity contribution in [1.82, 2.24) is 0 Å². The molecule has 12 heavy (non-hydrogen) atoms. The van der Waals surface area contributed by atoms with Crippen molar-refractivity contribution in [2.24, 2.45) is 5.92 Å². The number of hydrogen-bond acceptors (Lipinski definition) is 1. The predicted octanol–water partition coefficient (Wildman–Crippen LogP) is 3.22. The summed E-state index contributed by atoms with van der Waals surface area (Å²) in [6, 6.07) is 0. The predicted molar refractivity (Wildman–Crippen MR) is 54.6 cm³/mol. The maximum atomic E-state index is 5.57. The minimum atomic E-state index is 0.488. The van der Waals surface area contributed by atoms with E-state index >= 15 is 0 Å². The van der Waals surface area contributed by atoms with Crippen LogP contribution in [0.2, 0.25) is 11.6 Å². The molecule has 1 aliphatic rings. The van der Waals surface area contributed by atoms with Crippen LogP contribution in [0.3, 0.4) is 0 Å². The molecule has 1 saturated carbocycles. The van der Waals surface area contributed by atoms with Gasteiger partial charge in [-0.3, -0.25) is 0 Å². The van der Waals surface area contributed by atoms with E-state index in [9.17, 15) is 0 Å². The smallest absolute Gasteiger partial charge is 0.298 e. The first-order chi connectivity index (χ1) is 5.66. The lowest BCUT2D eigenvalue weighted by atomic mass is 9.46. The summed E-state index contributed by atoms with van der Waals surface area (Å²) in [6.45, 7) is 7.38. The summed E-state index contributed by atoms with van der Waals surface area (Å²) >= 11 is 0. The Balaban J connectivity index is 2.52. The molecule has 0 saturated heterocycles. The molecule has 1 aliphatic carbocycles. The van der Waals surface area contributed by atoms with Crippen molar-refractivity contribution < 1.29 is 4.65 Å². The Hall–Kier alpha value is 0.0249. The minimum absolute atomic E-state index is 0.488. The van der Waals surface area contributed by atoms with Crippen LogP contribution in [-0.2, 0) is 4.65 Å². The Morgan fingerprint density at radius 2 is 2.00 bits per heavy atom. The van der Waals surface area contributed by atoms with E-state index in [1.807, 2.05) is 7.11 Å². The van der Waals surface area contributed by atoms with E-state index in [2.05, 4.69) is 20.8 Å². The molecule has 2 atom stereocenters. The highest BCUT2D eigenvalue weighted by Crippen LogP contribution is 2.41.